The summed E-state index contributed by atoms with van der Waals surface area (Å²) in [6, 6.07) is 3.64. The van der Waals surface area contributed by atoms with Crippen molar-refractivity contribution in [1.29, 1.82) is 0 Å². The molecule has 0 atom stereocenters. The molecule has 5 nitrogen and oxygen atoms in total. The maximum absolute atomic E-state index is 5.52. The Morgan fingerprint density at radius 1 is 1.31 bits per heavy atom. The van der Waals surface area contributed by atoms with E-state index in [-0.39, 0.29) is 0 Å². The predicted octanol–water partition coefficient (Wildman–Crippen LogP) is 0.459. The van der Waals surface area contributed by atoms with Crippen LogP contribution in [0.15, 0.2) is 24.5 Å². The summed E-state index contributed by atoms with van der Waals surface area (Å²) >= 11 is 0. The van der Waals surface area contributed by atoms with Gasteiger partial charge in [-0.25, -0.2) is 4.68 Å². The number of nitrogens with two attached hydrogens (primary N) is 1. The van der Waals surface area contributed by atoms with Gasteiger partial charge >= 0.3 is 0 Å². The predicted molar refractivity (Wildman–Crippen MR) is 48.6 cm³/mol. The summed E-state index contributed by atoms with van der Waals surface area (Å²) in [6.45, 7) is 0. The van der Waals surface area contributed by atoms with Crippen molar-refractivity contribution in [2.24, 2.45) is 7.05 Å². The molecule has 13 heavy (non-hydrogen) atoms. The van der Waals surface area contributed by atoms with Crippen LogP contribution >= 0.6 is 0 Å². The third-order valence-corrected chi connectivity index (χ3v) is 1.76. The lowest BCUT2D eigenvalue weighted by molar-refractivity contribution is 0.719. The van der Waals surface area contributed by atoms with Crippen LogP contribution < -0.4 is 5.73 Å². The summed E-state index contributed by atoms with van der Waals surface area (Å²) in [6.07, 6.45) is 3.28. The van der Waals surface area contributed by atoms with Crippen molar-refractivity contribution in [3.63, 3.8) is 0 Å². The molecule has 2 aromatic rings. The van der Waals surface area contributed by atoms with Crippen LogP contribution in [-0.2, 0) is 7.05 Å². The van der Waals surface area contributed by atoms with Crippen molar-refractivity contribution in [3.05, 3.63) is 24.5 Å². The third-order valence-electron chi connectivity index (χ3n) is 1.76. The van der Waals surface area contributed by atoms with E-state index in [1.165, 1.54) is 0 Å². The first-order valence-corrected chi connectivity index (χ1v) is 3.84. The highest BCUT2D eigenvalue weighted by atomic mass is 15.4. The van der Waals surface area contributed by atoms with Gasteiger partial charge in [-0.1, -0.05) is 5.21 Å². The third kappa shape index (κ3) is 1.35. The zero-order valence-corrected chi connectivity index (χ0v) is 7.18. The zero-order valence-electron chi connectivity index (χ0n) is 7.18. The Morgan fingerprint density at radius 3 is 2.69 bits per heavy atom. The molecule has 2 rings (SSSR count). The maximum Gasteiger partial charge on any atom is 0.107 e. The number of hydrogen-bond acceptors (Lipinski definition) is 4. The molecular formula is C8H9N5. The Labute approximate surface area is 75.2 Å². The molecule has 0 aliphatic heterocycles. The van der Waals surface area contributed by atoms with Crippen LogP contribution in [0.5, 0.6) is 0 Å². The molecule has 66 valence electrons. The molecule has 0 bridgehead atoms. The number of aromatic nitrogens is 4. The number of hydrogen-bond donors (Lipinski definition) is 1. The molecule has 2 heterocycles. The van der Waals surface area contributed by atoms with Crippen LogP contribution in [-0.4, -0.2) is 20.0 Å². The highest BCUT2D eigenvalue weighted by Crippen LogP contribution is 2.14. The van der Waals surface area contributed by atoms with E-state index in [9.17, 15) is 0 Å². The van der Waals surface area contributed by atoms with Crippen LogP contribution in [0.25, 0.3) is 11.4 Å². The van der Waals surface area contributed by atoms with Gasteiger partial charge in [0.1, 0.15) is 5.69 Å². The minimum absolute atomic E-state index is 0.652. The minimum Gasteiger partial charge on any atom is -0.397 e. The average molecular weight is 175 g/mol. The van der Waals surface area contributed by atoms with Gasteiger partial charge in [-0.15, -0.1) is 5.10 Å². The average Bonchev–Trinajstić information content (AvgIpc) is 2.53. The van der Waals surface area contributed by atoms with Crippen LogP contribution in [0, 0.1) is 0 Å². The van der Waals surface area contributed by atoms with Gasteiger partial charge in [-0.2, -0.15) is 0 Å². The molecule has 2 aromatic heterocycles. The second-order valence-electron chi connectivity index (χ2n) is 2.72. The lowest BCUT2D eigenvalue weighted by atomic mass is 10.3. The van der Waals surface area contributed by atoms with E-state index in [0.717, 1.165) is 11.4 Å². The standard InChI is InChI=1S/C8H9N5/c1-13-8(5-11-12-13)7-3-2-6(9)4-10-7/h2-5H,9H2,1H3. The lowest BCUT2D eigenvalue weighted by Gasteiger charge is -1.99. The molecule has 2 N–H and O–H groups in total. The Hall–Kier alpha value is -1.91. The summed E-state index contributed by atoms with van der Waals surface area (Å²) in [5.74, 6) is 0. The first kappa shape index (κ1) is 7.72. The van der Waals surface area contributed by atoms with Crippen LogP contribution in [0.3, 0.4) is 0 Å². The van der Waals surface area contributed by atoms with E-state index in [1.807, 2.05) is 13.1 Å². The number of pyridine rings is 1. The fourth-order valence-corrected chi connectivity index (χ4v) is 1.08. The fraction of sp³-hybridized carbons (Fsp3) is 0.125. The normalized spacial score (nSPS) is 10.2. The van der Waals surface area contributed by atoms with Crippen LogP contribution in [0.1, 0.15) is 0 Å². The number of anilines is 1. The minimum atomic E-state index is 0.652. The molecule has 0 fully saturated rings. The van der Waals surface area contributed by atoms with Gasteiger partial charge in [0.15, 0.2) is 0 Å². The molecule has 0 saturated heterocycles. The molecule has 0 amide bonds. The second kappa shape index (κ2) is 2.85. The monoisotopic (exact) mass is 175 g/mol. The van der Waals surface area contributed by atoms with Crippen molar-refractivity contribution in [3.8, 4) is 11.4 Å². The number of aryl methyl sites for hydroxylation is 1. The Kier molecular flexibility index (Phi) is 1.70. The summed E-state index contributed by atoms with van der Waals surface area (Å²) < 4.78 is 1.67. The smallest absolute Gasteiger partial charge is 0.107 e. The Bertz CT molecular complexity index is 403. The number of nitrogen functional groups attached to an aromatic ring is 1. The van der Waals surface area contributed by atoms with Crippen molar-refractivity contribution in [1.82, 2.24) is 20.0 Å². The van der Waals surface area contributed by atoms with E-state index in [1.54, 1.807) is 23.1 Å². The summed E-state index contributed by atoms with van der Waals surface area (Å²) in [7, 11) is 1.82. The van der Waals surface area contributed by atoms with Gasteiger partial charge in [-0.05, 0) is 12.1 Å². The van der Waals surface area contributed by atoms with Gasteiger partial charge in [0.2, 0.25) is 0 Å². The Morgan fingerprint density at radius 2 is 2.15 bits per heavy atom. The first-order chi connectivity index (χ1) is 6.27. The van der Waals surface area contributed by atoms with E-state index < -0.39 is 0 Å². The molecule has 0 aliphatic carbocycles. The summed E-state index contributed by atoms with van der Waals surface area (Å²) in [4.78, 5) is 4.16. The van der Waals surface area contributed by atoms with Gasteiger partial charge in [-0.3, -0.25) is 4.98 Å². The molecule has 0 unspecified atom stereocenters. The largest absolute Gasteiger partial charge is 0.397 e. The molecule has 0 aliphatic rings. The van der Waals surface area contributed by atoms with Gasteiger partial charge in [0.05, 0.1) is 23.8 Å². The fourth-order valence-electron chi connectivity index (χ4n) is 1.08. The maximum atomic E-state index is 5.52. The van der Waals surface area contributed by atoms with E-state index >= 15 is 0 Å². The highest BCUT2D eigenvalue weighted by molar-refractivity contribution is 5.55. The van der Waals surface area contributed by atoms with E-state index in [0.29, 0.717) is 5.69 Å². The first-order valence-electron chi connectivity index (χ1n) is 3.84. The van der Waals surface area contributed by atoms with Gasteiger partial charge in [0.25, 0.3) is 0 Å². The molecular weight excluding hydrogens is 166 g/mol. The molecule has 0 saturated carbocycles. The van der Waals surface area contributed by atoms with Crippen molar-refractivity contribution in [2.45, 2.75) is 0 Å². The summed E-state index contributed by atoms with van der Waals surface area (Å²) in [5, 5.41) is 7.57. The van der Waals surface area contributed by atoms with Crippen molar-refractivity contribution < 1.29 is 0 Å². The van der Waals surface area contributed by atoms with Crippen molar-refractivity contribution in [2.75, 3.05) is 5.73 Å². The number of nitrogens with zero attached hydrogens (tertiary/aromatic N) is 4. The molecule has 0 radical (unpaired) electrons. The van der Waals surface area contributed by atoms with Gasteiger partial charge in [0, 0.05) is 7.05 Å². The van der Waals surface area contributed by atoms with E-state index in [2.05, 4.69) is 15.3 Å². The van der Waals surface area contributed by atoms with Gasteiger partial charge < -0.3 is 5.73 Å². The van der Waals surface area contributed by atoms with Crippen LogP contribution in [0.2, 0.25) is 0 Å². The van der Waals surface area contributed by atoms with E-state index in [4.69, 9.17) is 5.73 Å². The molecule has 0 spiro atoms. The zero-order chi connectivity index (χ0) is 9.26. The molecule has 0 aromatic carbocycles. The summed E-state index contributed by atoms with van der Waals surface area (Å²) in [5.41, 5.74) is 7.87. The second-order valence-corrected chi connectivity index (χ2v) is 2.72. The topological polar surface area (TPSA) is 69.6 Å². The lowest BCUT2D eigenvalue weighted by Crippen LogP contribution is -1.95. The highest BCUT2D eigenvalue weighted by Gasteiger charge is 2.03. The quantitative estimate of drug-likeness (QED) is 0.683. The van der Waals surface area contributed by atoms with Crippen molar-refractivity contribution >= 4 is 5.69 Å². The SMILES string of the molecule is Cn1nncc1-c1ccc(N)cn1. The number of rotatable bonds is 1. The Balaban J connectivity index is 2.47. The molecule has 5 heteroatoms. The van der Waals surface area contributed by atoms with Crippen LogP contribution in [0.4, 0.5) is 5.69 Å².